The third kappa shape index (κ3) is 5.54. The molecule has 7 nitrogen and oxygen atoms in total. The topological polar surface area (TPSA) is 79.3 Å². The van der Waals surface area contributed by atoms with E-state index in [1.807, 2.05) is 20.8 Å². The molecule has 1 N–H and O–H groups in total. The van der Waals surface area contributed by atoms with Crippen LogP contribution in [0.3, 0.4) is 0 Å². The first-order chi connectivity index (χ1) is 11.3. The van der Waals surface area contributed by atoms with E-state index in [-0.39, 0.29) is 12.1 Å². The number of rotatable bonds is 4. The lowest BCUT2D eigenvalue weighted by Crippen LogP contribution is -2.42. The number of amides is 2. The number of hydrogen-bond donors (Lipinski definition) is 1. The van der Waals surface area contributed by atoms with E-state index < -0.39 is 11.7 Å². The molecule has 0 spiro atoms. The maximum absolute atomic E-state index is 12.2. The van der Waals surface area contributed by atoms with E-state index >= 15 is 0 Å². The number of hydrogen-bond acceptors (Lipinski definition) is 4. The zero-order valence-corrected chi connectivity index (χ0v) is 15.0. The van der Waals surface area contributed by atoms with Crippen LogP contribution in [0.15, 0.2) is 0 Å². The summed E-state index contributed by atoms with van der Waals surface area (Å²) in [5.74, 6) is 0.400. The van der Waals surface area contributed by atoms with Crippen molar-refractivity contribution in [1.29, 1.82) is 0 Å². The Morgan fingerprint density at radius 2 is 1.75 bits per heavy atom. The number of carbonyl (C=O) groups excluding carboxylic acids is 1. The van der Waals surface area contributed by atoms with E-state index in [0.29, 0.717) is 32.2 Å². The maximum Gasteiger partial charge on any atom is 0.410 e. The number of carboxylic acid groups (broad SMARTS) is 1. The second-order valence-electron chi connectivity index (χ2n) is 7.72. The predicted molar refractivity (Wildman–Crippen MR) is 89.1 cm³/mol. The standard InChI is InChI=1S/C17H30N2O5/c1-17(2,3)24-16(22)19-8-4-5-14(19)12-23-11-13-6-9-18(10-7-13)15(20)21/h13-14H,4-12H2,1-3H3,(H,20,21)/t14-/m0/s1. The van der Waals surface area contributed by atoms with Gasteiger partial charge in [-0.1, -0.05) is 0 Å². The Kier molecular flexibility index (Phi) is 6.32. The van der Waals surface area contributed by atoms with Crippen LogP contribution in [0.1, 0.15) is 46.5 Å². The van der Waals surface area contributed by atoms with Gasteiger partial charge >= 0.3 is 12.2 Å². The van der Waals surface area contributed by atoms with Crippen molar-refractivity contribution < 1.29 is 24.2 Å². The highest BCUT2D eigenvalue weighted by molar-refractivity contribution is 5.69. The first-order valence-corrected chi connectivity index (χ1v) is 8.81. The Hall–Kier alpha value is -1.50. The SMILES string of the molecule is CC(C)(C)OC(=O)N1CCC[C@H]1COCC1CCN(C(=O)O)CC1. The maximum atomic E-state index is 12.2. The van der Waals surface area contributed by atoms with Gasteiger partial charge in [0.25, 0.3) is 0 Å². The fourth-order valence-electron chi connectivity index (χ4n) is 3.23. The summed E-state index contributed by atoms with van der Waals surface area (Å²) >= 11 is 0. The quantitative estimate of drug-likeness (QED) is 0.850. The largest absolute Gasteiger partial charge is 0.465 e. The van der Waals surface area contributed by atoms with Crippen molar-refractivity contribution in [2.75, 3.05) is 32.8 Å². The second kappa shape index (κ2) is 8.05. The Morgan fingerprint density at radius 1 is 1.08 bits per heavy atom. The Morgan fingerprint density at radius 3 is 2.33 bits per heavy atom. The van der Waals surface area contributed by atoms with E-state index in [0.717, 1.165) is 32.2 Å². The Labute approximate surface area is 143 Å². The van der Waals surface area contributed by atoms with Crippen LogP contribution in [-0.4, -0.2) is 71.6 Å². The molecule has 24 heavy (non-hydrogen) atoms. The lowest BCUT2D eigenvalue weighted by Gasteiger charge is -2.31. The number of ether oxygens (including phenoxy) is 2. The normalized spacial score (nSPS) is 22.7. The van der Waals surface area contributed by atoms with E-state index in [1.165, 1.54) is 4.90 Å². The molecule has 0 aliphatic carbocycles. The highest BCUT2D eigenvalue weighted by Crippen LogP contribution is 2.22. The second-order valence-corrected chi connectivity index (χ2v) is 7.72. The van der Waals surface area contributed by atoms with E-state index in [4.69, 9.17) is 14.6 Å². The molecular formula is C17H30N2O5. The van der Waals surface area contributed by atoms with Gasteiger partial charge in [0, 0.05) is 26.2 Å². The highest BCUT2D eigenvalue weighted by Gasteiger charge is 2.32. The fourth-order valence-corrected chi connectivity index (χ4v) is 3.23. The number of carbonyl (C=O) groups is 2. The van der Waals surface area contributed by atoms with Gasteiger partial charge in [-0.15, -0.1) is 0 Å². The lowest BCUT2D eigenvalue weighted by molar-refractivity contribution is 0.00413. The van der Waals surface area contributed by atoms with Gasteiger partial charge in [-0.2, -0.15) is 0 Å². The monoisotopic (exact) mass is 342 g/mol. The molecule has 2 aliphatic rings. The first-order valence-electron chi connectivity index (χ1n) is 8.81. The van der Waals surface area contributed by atoms with Crippen molar-refractivity contribution >= 4 is 12.2 Å². The summed E-state index contributed by atoms with van der Waals surface area (Å²) in [5.41, 5.74) is -0.483. The van der Waals surface area contributed by atoms with Crippen LogP contribution in [0.25, 0.3) is 0 Å². The van der Waals surface area contributed by atoms with Gasteiger partial charge in [0.15, 0.2) is 0 Å². The molecule has 0 aromatic rings. The van der Waals surface area contributed by atoms with Crippen molar-refractivity contribution in [3.8, 4) is 0 Å². The Balaban J connectivity index is 1.70. The summed E-state index contributed by atoms with van der Waals surface area (Å²) in [7, 11) is 0. The third-order valence-corrected chi connectivity index (χ3v) is 4.55. The molecule has 138 valence electrons. The number of likely N-dealkylation sites (tertiary alicyclic amines) is 2. The van der Waals surface area contributed by atoms with Crippen LogP contribution >= 0.6 is 0 Å². The molecule has 2 aliphatic heterocycles. The zero-order chi connectivity index (χ0) is 17.7. The average Bonchev–Trinajstić information content (AvgIpc) is 2.94. The predicted octanol–water partition coefficient (Wildman–Crippen LogP) is 2.79. The van der Waals surface area contributed by atoms with Crippen molar-refractivity contribution in [2.24, 2.45) is 5.92 Å². The summed E-state index contributed by atoms with van der Waals surface area (Å²) < 4.78 is 11.3. The van der Waals surface area contributed by atoms with Crippen molar-refractivity contribution in [2.45, 2.75) is 58.1 Å². The minimum absolute atomic E-state index is 0.0824. The summed E-state index contributed by atoms with van der Waals surface area (Å²) in [5, 5.41) is 8.95. The van der Waals surface area contributed by atoms with Crippen LogP contribution < -0.4 is 0 Å². The van der Waals surface area contributed by atoms with Crippen LogP contribution in [0, 0.1) is 5.92 Å². The van der Waals surface area contributed by atoms with Gasteiger partial charge in [-0.3, -0.25) is 0 Å². The van der Waals surface area contributed by atoms with Gasteiger partial charge in [0.1, 0.15) is 5.60 Å². The summed E-state index contributed by atoms with van der Waals surface area (Å²) in [6.07, 6.45) is 2.50. The third-order valence-electron chi connectivity index (χ3n) is 4.55. The molecule has 2 amide bonds. The molecule has 0 aromatic heterocycles. The molecule has 2 heterocycles. The molecule has 0 saturated carbocycles. The minimum atomic E-state index is -0.840. The molecule has 2 fully saturated rings. The van der Waals surface area contributed by atoms with E-state index in [9.17, 15) is 9.59 Å². The van der Waals surface area contributed by atoms with Crippen LogP contribution in [0.2, 0.25) is 0 Å². The van der Waals surface area contributed by atoms with Gasteiger partial charge in [0.2, 0.25) is 0 Å². The molecule has 1 atom stereocenters. The molecule has 0 unspecified atom stereocenters. The van der Waals surface area contributed by atoms with Crippen LogP contribution in [0.5, 0.6) is 0 Å². The van der Waals surface area contributed by atoms with Gasteiger partial charge < -0.3 is 24.4 Å². The number of piperidine rings is 1. The van der Waals surface area contributed by atoms with Gasteiger partial charge in [-0.05, 0) is 52.4 Å². The zero-order valence-electron chi connectivity index (χ0n) is 15.0. The minimum Gasteiger partial charge on any atom is -0.465 e. The summed E-state index contributed by atoms with van der Waals surface area (Å²) in [6, 6.07) is 0.0824. The van der Waals surface area contributed by atoms with Crippen LogP contribution in [0.4, 0.5) is 9.59 Å². The first kappa shape index (κ1) is 18.8. The molecule has 0 bridgehead atoms. The molecule has 2 saturated heterocycles. The molecular weight excluding hydrogens is 312 g/mol. The van der Waals surface area contributed by atoms with Crippen LogP contribution in [-0.2, 0) is 9.47 Å². The molecule has 2 rings (SSSR count). The van der Waals surface area contributed by atoms with Gasteiger partial charge in [0.05, 0.1) is 12.6 Å². The van der Waals surface area contributed by atoms with Gasteiger partial charge in [-0.25, -0.2) is 9.59 Å². The molecule has 0 aromatic carbocycles. The highest BCUT2D eigenvalue weighted by atomic mass is 16.6. The molecule has 7 heteroatoms. The fraction of sp³-hybridized carbons (Fsp3) is 0.882. The van der Waals surface area contributed by atoms with Crippen molar-refractivity contribution in [1.82, 2.24) is 9.80 Å². The van der Waals surface area contributed by atoms with E-state index in [2.05, 4.69) is 0 Å². The summed E-state index contributed by atoms with van der Waals surface area (Å²) in [4.78, 5) is 26.3. The molecule has 0 radical (unpaired) electrons. The number of nitrogens with zero attached hydrogens (tertiary/aromatic N) is 2. The average molecular weight is 342 g/mol. The smallest absolute Gasteiger partial charge is 0.410 e. The van der Waals surface area contributed by atoms with Crippen molar-refractivity contribution in [3.63, 3.8) is 0 Å². The lowest BCUT2D eigenvalue weighted by atomic mass is 9.98. The Bertz CT molecular complexity index is 441. The summed E-state index contributed by atoms with van der Waals surface area (Å²) in [6.45, 7) is 8.65. The van der Waals surface area contributed by atoms with E-state index in [1.54, 1.807) is 4.90 Å². The van der Waals surface area contributed by atoms with Crippen molar-refractivity contribution in [3.05, 3.63) is 0 Å².